The van der Waals surface area contributed by atoms with E-state index in [0.29, 0.717) is 25.7 Å². The number of esters is 4. The molecule has 1 aliphatic rings. The normalized spacial score (nSPS) is 25.4. The summed E-state index contributed by atoms with van der Waals surface area (Å²) in [5, 5.41) is 0. The van der Waals surface area contributed by atoms with Crippen LogP contribution in [0.3, 0.4) is 0 Å². The summed E-state index contributed by atoms with van der Waals surface area (Å²) < 4.78 is 27.8. The van der Waals surface area contributed by atoms with E-state index in [4.69, 9.17) is 23.7 Å². The lowest BCUT2D eigenvalue weighted by Crippen LogP contribution is -2.61. The molecule has 9 nitrogen and oxygen atoms in total. The molecule has 0 amide bonds. The summed E-state index contributed by atoms with van der Waals surface area (Å²) in [5.74, 6) is -2.11. The second-order valence-corrected chi connectivity index (χ2v) is 7.56. The van der Waals surface area contributed by atoms with E-state index in [-0.39, 0.29) is 25.7 Å². The summed E-state index contributed by atoms with van der Waals surface area (Å²) in [6, 6.07) is 0. The van der Waals surface area contributed by atoms with E-state index < -0.39 is 54.6 Å². The van der Waals surface area contributed by atoms with Gasteiger partial charge in [-0.2, -0.15) is 0 Å². The largest absolute Gasteiger partial charge is 0.455 e. The molecule has 1 aliphatic heterocycles. The lowest BCUT2D eigenvalue weighted by Gasteiger charge is -2.43. The van der Waals surface area contributed by atoms with Crippen molar-refractivity contribution in [2.75, 3.05) is 0 Å². The van der Waals surface area contributed by atoms with E-state index in [1.54, 1.807) is 6.92 Å². The van der Waals surface area contributed by atoms with E-state index in [0.717, 1.165) is 0 Å². The van der Waals surface area contributed by atoms with Crippen molar-refractivity contribution in [2.45, 2.75) is 117 Å². The molecule has 1 saturated heterocycles. The highest BCUT2D eigenvalue weighted by atomic mass is 16.7. The average Bonchev–Trinajstić information content (AvgIpc) is 2.68. The minimum atomic E-state index is -1.28. The van der Waals surface area contributed by atoms with E-state index >= 15 is 0 Å². The van der Waals surface area contributed by atoms with Crippen molar-refractivity contribution in [3.05, 3.63) is 0 Å². The molecule has 31 heavy (non-hydrogen) atoms. The summed E-state index contributed by atoms with van der Waals surface area (Å²) in [6.45, 7) is 8.91. The highest BCUT2D eigenvalue weighted by Gasteiger charge is 2.52. The Bertz CT molecular complexity index is 604. The fourth-order valence-corrected chi connectivity index (χ4v) is 3.13. The highest BCUT2D eigenvalue weighted by molar-refractivity contribution is 5.72. The third kappa shape index (κ3) is 8.85. The number of ether oxygens (including phenoxy) is 5. The molecule has 5 atom stereocenters. The number of carbonyl (C=O) groups excluding carboxylic acids is 4. The number of hydrogen-bond donors (Lipinski definition) is 0. The second-order valence-electron chi connectivity index (χ2n) is 7.56. The SMILES string of the molecule is CCCC(=O)OC1[C@H](C)OC(OC(=O)CCC)[C@H](OC(=O)CCC)[C@@H]1OC(=O)CCC. The number of hydrogen-bond acceptors (Lipinski definition) is 9. The number of carbonyl (C=O) groups is 4. The van der Waals surface area contributed by atoms with Gasteiger partial charge in [-0.1, -0.05) is 27.7 Å². The van der Waals surface area contributed by atoms with Crippen molar-refractivity contribution in [1.29, 1.82) is 0 Å². The Labute approximate surface area is 184 Å². The molecule has 1 rings (SSSR count). The van der Waals surface area contributed by atoms with Crippen molar-refractivity contribution < 1.29 is 42.9 Å². The topological polar surface area (TPSA) is 114 Å². The standard InChI is InChI=1S/C22H36O9/c1-6-10-15(23)28-19-14(5)27-22(31-18(26)13-9-4)21(30-17(25)12-8-3)20(19)29-16(24)11-7-2/h14,19-22H,6-13H2,1-5H3/t14-,19?,20+,21+,22?/m0/s1. The zero-order valence-corrected chi connectivity index (χ0v) is 19.2. The fraction of sp³-hybridized carbons (Fsp3) is 0.818. The summed E-state index contributed by atoms with van der Waals surface area (Å²) >= 11 is 0. The molecule has 0 radical (unpaired) electrons. The molecule has 0 saturated carbocycles. The molecule has 0 aromatic heterocycles. The van der Waals surface area contributed by atoms with Crippen LogP contribution < -0.4 is 0 Å². The van der Waals surface area contributed by atoms with Crippen molar-refractivity contribution >= 4 is 23.9 Å². The number of rotatable bonds is 12. The van der Waals surface area contributed by atoms with E-state index in [1.807, 2.05) is 27.7 Å². The lowest BCUT2D eigenvalue weighted by molar-refractivity contribution is -0.294. The predicted molar refractivity (Wildman–Crippen MR) is 110 cm³/mol. The molecule has 0 spiro atoms. The van der Waals surface area contributed by atoms with Gasteiger partial charge in [-0.25, -0.2) is 0 Å². The Kier molecular flexibility index (Phi) is 12.1. The van der Waals surface area contributed by atoms with Gasteiger partial charge in [0.2, 0.25) is 12.4 Å². The maximum absolute atomic E-state index is 12.3. The molecule has 0 aromatic rings. The predicted octanol–water partition coefficient (Wildman–Crippen LogP) is 3.21. The third-order valence-electron chi connectivity index (χ3n) is 4.59. The van der Waals surface area contributed by atoms with Gasteiger partial charge in [-0.15, -0.1) is 0 Å². The third-order valence-corrected chi connectivity index (χ3v) is 4.59. The van der Waals surface area contributed by atoms with E-state index in [9.17, 15) is 19.2 Å². The van der Waals surface area contributed by atoms with Gasteiger partial charge in [0, 0.05) is 25.7 Å². The Morgan fingerprint density at radius 1 is 0.581 bits per heavy atom. The maximum atomic E-state index is 12.3. The molecular formula is C22H36O9. The first-order valence-corrected chi connectivity index (χ1v) is 11.2. The molecule has 0 N–H and O–H groups in total. The first-order valence-electron chi connectivity index (χ1n) is 11.2. The van der Waals surface area contributed by atoms with Crippen LogP contribution in [0.4, 0.5) is 0 Å². The molecule has 0 aromatic carbocycles. The van der Waals surface area contributed by atoms with Crippen LogP contribution in [0.5, 0.6) is 0 Å². The van der Waals surface area contributed by atoms with Crippen molar-refractivity contribution in [3.8, 4) is 0 Å². The van der Waals surface area contributed by atoms with Crippen LogP contribution >= 0.6 is 0 Å². The quantitative estimate of drug-likeness (QED) is 0.330. The van der Waals surface area contributed by atoms with Gasteiger partial charge < -0.3 is 23.7 Å². The van der Waals surface area contributed by atoms with Gasteiger partial charge in [-0.05, 0) is 32.6 Å². The van der Waals surface area contributed by atoms with Crippen molar-refractivity contribution in [3.63, 3.8) is 0 Å². The summed E-state index contributed by atoms with van der Waals surface area (Å²) in [5.41, 5.74) is 0. The summed E-state index contributed by atoms with van der Waals surface area (Å²) in [6.07, 6.45) is -2.66. The first kappa shape index (κ1) is 26.9. The Balaban J connectivity index is 3.24. The van der Waals surface area contributed by atoms with Gasteiger partial charge in [0.25, 0.3) is 0 Å². The minimum Gasteiger partial charge on any atom is -0.455 e. The molecule has 0 bridgehead atoms. The van der Waals surface area contributed by atoms with Crippen LogP contribution in [-0.4, -0.2) is 54.6 Å². The van der Waals surface area contributed by atoms with E-state index in [1.165, 1.54) is 0 Å². The highest BCUT2D eigenvalue weighted by Crippen LogP contribution is 2.30. The lowest BCUT2D eigenvalue weighted by atomic mass is 9.98. The van der Waals surface area contributed by atoms with Crippen LogP contribution in [0.2, 0.25) is 0 Å². The Morgan fingerprint density at radius 3 is 1.35 bits per heavy atom. The van der Waals surface area contributed by atoms with Gasteiger partial charge in [-0.3, -0.25) is 19.2 Å². The Morgan fingerprint density at radius 2 is 0.935 bits per heavy atom. The molecule has 178 valence electrons. The molecular weight excluding hydrogens is 408 g/mol. The van der Waals surface area contributed by atoms with Crippen LogP contribution in [0.1, 0.15) is 86.0 Å². The molecule has 2 unspecified atom stereocenters. The van der Waals surface area contributed by atoms with Gasteiger partial charge in [0.15, 0.2) is 12.2 Å². The van der Waals surface area contributed by atoms with Crippen LogP contribution in [0, 0.1) is 0 Å². The molecule has 1 heterocycles. The van der Waals surface area contributed by atoms with Crippen LogP contribution in [0.15, 0.2) is 0 Å². The molecule has 1 fully saturated rings. The summed E-state index contributed by atoms with van der Waals surface area (Å²) in [7, 11) is 0. The van der Waals surface area contributed by atoms with Crippen LogP contribution in [0.25, 0.3) is 0 Å². The van der Waals surface area contributed by atoms with E-state index in [2.05, 4.69) is 0 Å². The molecule has 9 heteroatoms. The van der Waals surface area contributed by atoms with Crippen LogP contribution in [-0.2, 0) is 42.9 Å². The second kappa shape index (κ2) is 14.0. The van der Waals surface area contributed by atoms with Gasteiger partial charge in [0.1, 0.15) is 0 Å². The average molecular weight is 445 g/mol. The minimum absolute atomic E-state index is 0.123. The molecule has 0 aliphatic carbocycles. The fourth-order valence-electron chi connectivity index (χ4n) is 3.13. The zero-order valence-electron chi connectivity index (χ0n) is 19.2. The van der Waals surface area contributed by atoms with Gasteiger partial charge in [0.05, 0.1) is 6.10 Å². The summed E-state index contributed by atoms with van der Waals surface area (Å²) in [4.78, 5) is 48.9. The zero-order chi connectivity index (χ0) is 23.4. The van der Waals surface area contributed by atoms with Crippen molar-refractivity contribution in [2.24, 2.45) is 0 Å². The smallest absolute Gasteiger partial charge is 0.308 e. The first-order chi connectivity index (χ1) is 14.8. The van der Waals surface area contributed by atoms with Gasteiger partial charge >= 0.3 is 23.9 Å². The van der Waals surface area contributed by atoms with Crippen molar-refractivity contribution in [1.82, 2.24) is 0 Å². The Hall–Kier alpha value is -2.16. The monoisotopic (exact) mass is 444 g/mol. The maximum Gasteiger partial charge on any atom is 0.308 e.